The highest BCUT2D eigenvalue weighted by Crippen LogP contribution is 2.53. The van der Waals surface area contributed by atoms with Crippen LogP contribution in [0.2, 0.25) is 0 Å². The van der Waals surface area contributed by atoms with Gasteiger partial charge in [-0.05, 0) is 67.0 Å². The molecular formula is C30H40N+. The van der Waals surface area contributed by atoms with Gasteiger partial charge in [0.05, 0.1) is 11.0 Å². The van der Waals surface area contributed by atoms with Crippen molar-refractivity contribution in [2.24, 2.45) is 0 Å². The molecule has 2 heterocycles. The Morgan fingerprint density at radius 1 is 0.839 bits per heavy atom. The van der Waals surface area contributed by atoms with Crippen LogP contribution in [0.3, 0.4) is 0 Å². The van der Waals surface area contributed by atoms with E-state index in [1.165, 1.54) is 58.0 Å². The van der Waals surface area contributed by atoms with Crippen molar-refractivity contribution in [2.45, 2.75) is 97.9 Å². The van der Waals surface area contributed by atoms with E-state index in [0.29, 0.717) is 0 Å². The average molecular weight is 415 g/mol. The monoisotopic (exact) mass is 414 g/mol. The fourth-order valence-corrected chi connectivity index (χ4v) is 6.46. The summed E-state index contributed by atoms with van der Waals surface area (Å²) < 4.78 is 2.66. The summed E-state index contributed by atoms with van der Waals surface area (Å²) in [6.07, 6.45) is 9.53. The van der Waals surface area contributed by atoms with Crippen molar-refractivity contribution in [3.63, 3.8) is 0 Å². The fraction of sp³-hybridized carbons (Fsp3) is 0.500. The van der Waals surface area contributed by atoms with Gasteiger partial charge in [0.15, 0.2) is 11.7 Å². The van der Waals surface area contributed by atoms with Crippen molar-refractivity contribution >= 4 is 10.8 Å². The minimum Gasteiger partial charge on any atom is -0.192 e. The van der Waals surface area contributed by atoms with Gasteiger partial charge in [-0.25, -0.2) is 0 Å². The van der Waals surface area contributed by atoms with Gasteiger partial charge in [0, 0.05) is 25.0 Å². The highest BCUT2D eigenvalue weighted by atomic mass is 15.1. The Morgan fingerprint density at radius 2 is 1.58 bits per heavy atom. The Hall–Kier alpha value is -2.15. The van der Waals surface area contributed by atoms with E-state index in [0.717, 1.165) is 19.3 Å². The summed E-state index contributed by atoms with van der Waals surface area (Å²) in [5.41, 5.74) is 8.90. The molecule has 0 saturated carbocycles. The molecule has 0 bridgehead atoms. The number of aromatic nitrogens is 1. The van der Waals surface area contributed by atoms with Crippen molar-refractivity contribution in [3.8, 4) is 11.3 Å². The smallest absolute Gasteiger partial charge is 0.192 e. The van der Waals surface area contributed by atoms with Crippen LogP contribution in [0.5, 0.6) is 0 Å². The molecule has 1 aliphatic rings. The van der Waals surface area contributed by atoms with E-state index in [4.69, 9.17) is 0 Å². The maximum atomic E-state index is 2.66. The second-order valence-corrected chi connectivity index (χ2v) is 9.92. The number of benzene rings is 2. The molecule has 3 aromatic rings. The minimum atomic E-state index is 0.0603. The molecule has 0 fully saturated rings. The summed E-state index contributed by atoms with van der Waals surface area (Å²) in [5.74, 6) is 0. The molecular weight excluding hydrogens is 374 g/mol. The van der Waals surface area contributed by atoms with Crippen LogP contribution in [-0.4, -0.2) is 0 Å². The summed E-state index contributed by atoms with van der Waals surface area (Å²) >= 11 is 0. The van der Waals surface area contributed by atoms with Gasteiger partial charge >= 0.3 is 0 Å². The molecule has 1 nitrogen and oxygen atoms in total. The first-order valence-electron chi connectivity index (χ1n) is 12.5. The lowest BCUT2D eigenvalue weighted by atomic mass is 9.57. The lowest BCUT2D eigenvalue weighted by molar-refractivity contribution is -0.766. The Bertz CT molecular complexity index is 1120. The number of rotatable bonds is 6. The van der Waals surface area contributed by atoms with E-state index in [1.807, 2.05) is 0 Å². The highest BCUT2D eigenvalue weighted by molar-refractivity contribution is 5.99. The minimum absolute atomic E-state index is 0.0603. The molecule has 1 heteroatoms. The predicted molar refractivity (Wildman–Crippen MR) is 134 cm³/mol. The fourth-order valence-electron chi connectivity index (χ4n) is 6.46. The maximum absolute atomic E-state index is 2.66. The molecule has 1 aliphatic heterocycles. The van der Waals surface area contributed by atoms with Crippen LogP contribution >= 0.6 is 0 Å². The number of hydrogen-bond acceptors (Lipinski definition) is 0. The quantitative estimate of drug-likeness (QED) is 0.360. The first-order chi connectivity index (χ1) is 14.9. The molecule has 1 atom stereocenters. The van der Waals surface area contributed by atoms with Gasteiger partial charge in [-0.1, -0.05) is 64.4 Å². The zero-order valence-corrected chi connectivity index (χ0v) is 20.7. The predicted octanol–water partition coefficient (Wildman–Crippen LogP) is 7.95. The van der Waals surface area contributed by atoms with E-state index in [-0.39, 0.29) is 11.0 Å². The number of pyridine rings is 1. The Labute approximate surface area is 189 Å². The number of unbranched alkanes of at least 4 members (excludes halogenated alkanes) is 1. The largest absolute Gasteiger partial charge is 0.214 e. The second kappa shape index (κ2) is 8.08. The number of fused-ring (bicyclic) bond motifs is 5. The van der Waals surface area contributed by atoms with Crippen molar-refractivity contribution < 1.29 is 4.57 Å². The summed E-state index contributed by atoms with van der Waals surface area (Å²) in [7, 11) is 0. The highest BCUT2D eigenvalue weighted by Gasteiger charge is 2.58. The van der Waals surface area contributed by atoms with Gasteiger partial charge in [0.1, 0.15) is 0 Å². The Kier molecular flexibility index (Phi) is 5.75. The Balaban J connectivity index is 2.16. The van der Waals surface area contributed by atoms with Gasteiger partial charge in [-0.3, -0.25) is 0 Å². The molecule has 2 aromatic carbocycles. The molecule has 0 N–H and O–H groups in total. The van der Waals surface area contributed by atoms with E-state index >= 15 is 0 Å². The normalized spacial score (nSPS) is 19.3. The van der Waals surface area contributed by atoms with Crippen LogP contribution in [0.4, 0.5) is 0 Å². The molecule has 1 unspecified atom stereocenters. The molecule has 0 spiro atoms. The van der Waals surface area contributed by atoms with Gasteiger partial charge in [-0.15, -0.1) is 0 Å². The van der Waals surface area contributed by atoms with Gasteiger partial charge in [-0.2, -0.15) is 4.57 Å². The van der Waals surface area contributed by atoms with Crippen LogP contribution < -0.4 is 4.57 Å². The number of aryl methyl sites for hydroxylation is 3. The van der Waals surface area contributed by atoms with Crippen molar-refractivity contribution in [1.82, 2.24) is 0 Å². The number of hydrogen-bond donors (Lipinski definition) is 0. The third-order valence-corrected chi connectivity index (χ3v) is 8.74. The third kappa shape index (κ3) is 2.99. The molecule has 0 radical (unpaired) electrons. The SMILES string of the molecule is CCCCc1cccc2c3c(ccc12)C(CC)(CC)C(C)(CC)[n+]1cc(C)c(C)cc1-3. The van der Waals surface area contributed by atoms with Gasteiger partial charge in [0.25, 0.3) is 0 Å². The lowest BCUT2D eigenvalue weighted by Crippen LogP contribution is -2.68. The molecule has 0 aliphatic carbocycles. The third-order valence-electron chi connectivity index (χ3n) is 8.74. The van der Waals surface area contributed by atoms with Gasteiger partial charge < -0.3 is 0 Å². The van der Waals surface area contributed by atoms with Crippen molar-refractivity contribution in [3.05, 3.63) is 64.8 Å². The van der Waals surface area contributed by atoms with Crippen molar-refractivity contribution in [2.75, 3.05) is 0 Å². The second-order valence-electron chi connectivity index (χ2n) is 9.92. The van der Waals surface area contributed by atoms with E-state index in [2.05, 4.69) is 95.6 Å². The number of nitrogens with zero attached hydrogens (tertiary/aromatic N) is 1. The summed E-state index contributed by atoms with van der Waals surface area (Å²) in [6.45, 7) is 16.5. The van der Waals surface area contributed by atoms with Crippen LogP contribution in [0.15, 0.2) is 42.6 Å². The topological polar surface area (TPSA) is 3.88 Å². The van der Waals surface area contributed by atoms with Crippen LogP contribution in [0, 0.1) is 13.8 Å². The van der Waals surface area contributed by atoms with E-state index in [9.17, 15) is 0 Å². The molecule has 1 aromatic heterocycles. The van der Waals surface area contributed by atoms with Crippen LogP contribution in [-0.2, 0) is 17.4 Å². The van der Waals surface area contributed by atoms with Crippen LogP contribution in [0.25, 0.3) is 22.0 Å². The molecule has 31 heavy (non-hydrogen) atoms. The van der Waals surface area contributed by atoms with Crippen molar-refractivity contribution in [1.29, 1.82) is 0 Å². The van der Waals surface area contributed by atoms with Gasteiger partial charge in [0.2, 0.25) is 5.69 Å². The Morgan fingerprint density at radius 3 is 2.23 bits per heavy atom. The zero-order chi connectivity index (χ0) is 22.4. The zero-order valence-electron chi connectivity index (χ0n) is 20.7. The summed E-state index contributed by atoms with van der Waals surface area (Å²) in [5, 5.41) is 2.88. The molecule has 0 saturated heterocycles. The maximum Gasteiger partial charge on any atom is 0.214 e. The first kappa shape index (κ1) is 22.1. The summed E-state index contributed by atoms with van der Waals surface area (Å²) in [4.78, 5) is 0. The van der Waals surface area contributed by atoms with Crippen LogP contribution in [0.1, 0.15) is 89.0 Å². The van der Waals surface area contributed by atoms with E-state index < -0.39 is 0 Å². The lowest BCUT2D eigenvalue weighted by Gasteiger charge is -2.48. The average Bonchev–Trinajstić information content (AvgIpc) is 2.79. The summed E-state index contributed by atoms with van der Waals surface area (Å²) in [6, 6.07) is 14.4. The standard InChI is InChI=1S/C30H40N/c1-8-12-14-23-15-13-16-25-24(23)17-18-26-28(25)27-19-21(5)22(6)20-31(27)29(7,9-2)30(26,10-3)11-4/h13,15-20H,8-12,14H2,1-7H3/q+1. The first-order valence-corrected chi connectivity index (χ1v) is 12.5. The molecule has 0 amide bonds. The molecule has 4 rings (SSSR count). The van der Waals surface area contributed by atoms with E-state index in [1.54, 1.807) is 5.56 Å². The molecule has 164 valence electrons.